The number of carbonyl (C=O) groups is 2. The minimum atomic E-state index is -0.344. The molecule has 0 bridgehead atoms. The van der Waals surface area contributed by atoms with Crippen LogP contribution in [0.3, 0.4) is 0 Å². The van der Waals surface area contributed by atoms with Gasteiger partial charge in [-0.2, -0.15) is 10.1 Å². The van der Waals surface area contributed by atoms with Gasteiger partial charge in [-0.15, -0.1) is 11.8 Å². The fraction of sp³-hybridized carbons (Fsp3) is 0.154. The van der Waals surface area contributed by atoms with E-state index < -0.39 is 0 Å². The van der Waals surface area contributed by atoms with Crippen molar-refractivity contribution in [1.82, 2.24) is 5.32 Å². The van der Waals surface area contributed by atoms with Gasteiger partial charge in [-0.1, -0.05) is 49.4 Å². The second-order valence-electron chi connectivity index (χ2n) is 7.74. The predicted molar refractivity (Wildman–Crippen MR) is 147 cm³/mol. The molecule has 35 heavy (non-hydrogen) atoms. The van der Waals surface area contributed by atoms with Crippen molar-refractivity contribution in [2.45, 2.75) is 29.9 Å². The van der Waals surface area contributed by atoms with Gasteiger partial charge in [0.25, 0.3) is 5.91 Å². The Kier molecular flexibility index (Phi) is 8.12. The SMILES string of the molecule is CCC(Sc1cccc(NC(=S)Nc2ccccc2)c1)C(=O)NC1=NN(c2ccccc2)C(=O)C1. The van der Waals surface area contributed by atoms with Crippen molar-refractivity contribution in [3.8, 4) is 0 Å². The number of hydrogen-bond donors (Lipinski definition) is 3. The summed E-state index contributed by atoms with van der Waals surface area (Å²) < 4.78 is 0. The lowest BCUT2D eigenvalue weighted by molar-refractivity contribution is -0.119. The highest BCUT2D eigenvalue weighted by atomic mass is 32.2. The molecule has 0 spiro atoms. The Hall–Kier alpha value is -3.69. The van der Waals surface area contributed by atoms with Gasteiger partial charge in [0, 0.05) is 16.3 Å². The maximum atomic E-state index is 13.0. The van der Waals surface area contributed by atoms with Gasteiger partial charge in [-0.3, -0.25) is 9.59 Å². The highest BCUT2D eigenvalue weighted by Gasteiger charge is 2.28. The summed E-state index contributed by atoms with van der Waals surface area (Å²) in [6.45, 7) is 1.95. The molecular formula is C26H25N5O2S2. The lowest BCUT2D eigenvalue weighted by Gasteiger charge is -2.15. The Morgan fingerprint density at radius 1 is 0.971 bits per heavy atom. The third kappa shape index (κ3) is 6.68. The molecule has 1 aliphatic rings. The first-order valence-corrected chi connectivity index (χ1v) is 12.5. The highest BCUT2D eigenvalue weighted by molar-refractivity contribution is 8.00. The summed E-state index contributed by atoms with van der Waals surface area (Å²) in [6, 6.07) is 26.6. The van der Waals surface area contributed by atoms with Crippen molar-refractivity contribution < 1.29 is 9.59 Å². The van der Waals surface area contributed by atoms with Crippen LogP contribution in [-0.4, -0.2) is 28.0 Å². The molecule has 2 amide bonds. The van der Waals surface area contributed by atoms with Gasteiger partial charge in [0.15, 0.2) is 5.11 Å². The molecule has 178 valence electrons. The minimum absolute atomic E-state index is 0.0625. The number of thioether (sulfide) groups is 1. The summed E-state index contributed by atoms with van der Waals surface area (Å²) in [7, 11) is 0. The molecule has 1 atom stereocenters. The minimum Gasteiger partial charge on any atom is -0.332 e. The van der Waals surface area contributed by atoms with E-state index in [0.29, 0.717) is 23.1 Å². The molecule has 0 aromatic heterocycles. The van der Waals surface area contributed by atoms with E-state index >= 15 is 0 Å². The average molecular weight is 504 g/mol. The number of nitrogens with one attached hydrogen (secondary N) is 3. The van der Waals surface area contributed by atoms with Crippen LogP contribution in [0.2, 0.25) is 0 Å². The standard InChI is InChI=1S/C26H25N5O2S2/c1-2-22(25(33)29-23-17-24(32)31(30-23)20-13-7-4-8-14-20)35-21-15-9-12-19(16-21)28-26(34)27-18-10-5-3-6-11-18/h3-16,22H,2,17H2,1H3,(H2,27,28,34)(H,29,30,33). The molecular weight excluding hydrogens is 478 g/mol. The van der Waals surface area contributed by atoms with Crippen LogP contribution in [0, 0.1) is 0 Å². The predicted octanol–water partition coefficient (Wildman–Crippen LogP) is 5.23. The summed E-state index contributed by atoms with van der Waals surface area (Å²) in [6.07, 6.45) is 0.679. The number of rotatable bonds is 7. The van der Waals surface area contributed by atoms with Crippen molar-refractivity contribution in [2.24, 2.45) is 5.10 Å². The molecule has 3 aromatic rings. The van der Waals surface area contributed by atoms with Crippen LogP contribution in [0.1, 0.15) is 19.8 Å². The number of carbonyl (C=O) groups excluding carboxylic acids is 2. The van der Waals surface area contributed by atoms with Crippen LogP contribution in [0.4, 0.5) is 17.1 Å². The highest BCUT2D eigenvalue weighted by Crippen LogP contribution is 2.28. The molecule has 0 saturated carbocycles. The number of benzene rings is 3. The molecule has 0 aliphatic carbocycles. The summed E-state index contributed by atoms with van der Waals surface area (Å²) in [5.41, 5.74) is 2.40. The van der Waals surface area contributed by atoms with E-state index in [-0.39, 0.29) is 23.5 Å². The monoisotopic (exact) mass is 503 g/mol. The molecule has 1 unspecified atom stereocenters. The van der Waals surface area contributed by atoms with Gasteiger partial charge in [-0.05, 0) is 61.1 Å². The van der Waals surface area contributed by atoms with Crippen LogP contribution in [0.5, 0.6) is 0 Å². The number of hydrogen-bond acceptors (Lipinski definition) is 5. The molecule has 0 fully saturated rings. The maximum Gasteiger partial charge on any atom is 0.255 e. The second kappa shape index (κ2) is 11.6. The summed E-state index contributed by atoms with van der Waals surface area (Å²) >= 11 is 6.86. The van der Waals surface area contributed by atoms with Gasteiger partial charge in [0.05, 0.1) is 17.4 Å². The van der Waals surface area contributed by atoms with Crippen LogP contribution in [-0.2, 0) is 9.59 Å². The molecule has 1 aliphatic heterocycles. The van der Waals surface area contributed by atoms with E-state index in [2.05, 4.69) is 21.1 Å². The Morgan fingerprint density at radius 2 is 1.63 bits per heavy atom. The van der Waals surface area contributed by atoms with Gasteiger partial charge in [0.1, 0.15) is 5.84 Å². The van der Waals surface area contributed by atoms with Gasteiger partial charge >= 0.3 is 0 Å². The van der Waals surface area contributed by atoms with E-state index in [1.54, 1.807) is 12.1 Å². The topological polar surface area (TPSA) is 85.8 Å². The van der Waals surface area contributed by atoms with Crippen LogP contribution >= 0.6 is 24.0 Å². The van der Waals surface area contributed by atoms with Crippen molar-refractivity contribution in [3.05, 3.63) is 84.9 Å². The number of anilines is 3. The fourth-order valence-electron chi connectivity index (χ4n) is 3.44. The molecule has 4 rings (SSSR count). The molecule has 0 saturated heterocycles. The van der Waals surface area contributed by atoms with E-state index in [4.69, 9.17) is 12.2 Å². The molecule has 7 nitrogen and oxygen atoms in total. The normalized spacial score (nSPS) is 13.7. The van der Waals surface area contributed by atoms with Crippen LogP contribution in [0.25, 0.3) is 0 Å². The Morgan fingerprint density at radius 3 is 2.34 bits per heavy atom. The van der Waals surface area contributed by atoms with Gasteiger partial charge < -0.3 is 16.0 Å². The van der Waals surface area contributed by atoms with Gasteiger partial charge in [-0.25, -0.2) is 0 Å². The molecule has 3 N–H and O–H groups in total. The van der Waals surface area contributed by atoms with Crippen LogP contribution < -0.4 is 21.0 Å². The second-order valence-corrected chi connectivity index (χ2v) is 9.43. The van der Waals surface area contributed by atoms with E-state index in [9.17, 15) is 9.59 Å². The first-order valence-electron chi connectivity index (χ1n) is 11.2. The molecule has 1 heterocycles. The lowest BCUT2D eigenvalue weighted by Crippen LogP contribution is -2.36. The van der Waals surface area contributed by atoms with Crippen LogP contribution in [0.15, 0.2) is 94.9 Å². The Labute approximate surface area is 214 Å². The zero-order valence-corrected chi connectivity index (χ0v) is 20.7. The third-order valence-corrected chi connectivity index (χ3v) is 6.67. The van der Waals surface area contributed by atoms with Crippen molar-refractivity contribution in [1.29, 1.82) is 0 Å². The number of para-hydroxylation sites is 2. The van der Waals surface area contributed by atoms with Gasteiger partial charge in [0.2, 0.25) is 5.91 Å². The Bertz CT molecular complexity index is 1230. The number of nitrogens with zero attached hydrogens (tertiary/aromatic N) is 2. The van der Waals surface area contributed by atoms with Crippen molar-refractivity contribution >= 4 is 63.8 Å². The summed E-state index contributed by atoms with van der Waals surface area (Å²) in [5, 5.41) is 14.9. The summed E-state index contributed by atoms with van der Waals surface area (Å²) in [5.74, 6) is 0.000280. The smallest absolute Gasteiger partial charge is 0.255 e. The average Bonchev–Trinajstić information content (AvgIpc) is 3.23. The molecule has 0 radical (unpaired) electrons. The fourth-order valence-corrected chi connectivity index (χ4v) is 4.69. The zero-order chi connectivity index (χ0) is 24.6. The number of thiocarbonyl (C=S) groups is 1. The Balaban J connectivity index is 1.36. The number of hydrazone groups is 1. The first kappa shape index (κ1) is 24.4. The number of amidine groups is 1. The largest absolute Gasteiger partial charge is 0.332 e. The van der Waals surface area contributed by atoms with E-state index in [0.717, 1.165) is 16.3 Å². The third-order valence-electron chi connectivity index (χ3n) is 5.11. The van der Waals surface area contributed by atoms with E-state index in [1.807, 2.05) is 79.7 Å². The zero-order valence-electron chi connectivity index (χ0n) is 19.1. The maximum absolute atomic E-state index is 13.0. The first-order chi connectivity index (χ1) is 17.0. The van der Waals surface area contributed by atoms with Crippen molar-refractivity contribution in [2.75, 3.05) is 15.6 Å². The summed E-state index contributed by atoms with van der Waals surface area (Å²) in [4.78, 5) is 26.3. The quantitative estimate of drug-likeness (QED) is 0.302. The van der Waals surface area contributed by atoms with Crippen molar-refractivity contribution in [3.63, 3.8) is 0 Å². The molecule has 3 aromatic carbocycles. The lowest BCUT2D eigenvalue weighted by atomic mass is 10.3. The number of amides is 2. The molecule has 9 heteroatoms. The van der Waals surface area contributed by atoms with E-state index in [1.165, 1.54) is 16.8 Å².